The Morgan fingerprint density at radius 3 is 2.56 bits per heavy atom. The number of hydrogen-bond donors (Lipinski definition) is 2. The molecule has 0 spiro atoms. The lowest BCUT2D eigenvalue weighted by molar-refractivity contribution is 0.435. The van der Waals surface area contributed by atoms with E-state index in [9.17, 15) is 0 Å². The fourth-order valence-electron chi connectivity index (χ4n) is 2.84. The van der Waals surface area contributed by atoms with Crippen LogP contribution in [-0.4, -0.2) is 16.0 Å². The van der Waals surface area contributed by atoms with Gasteiger partial charge in [0, 0.05) is 18.0 Å². The van der Waals surface area contributed by atoms with Gasteiger partial charge in [0.25, 0.3) is 0 Å². The maximum Gasteiger partial charge on any atom is 0.136 e. The van der Waals surface area contributed by atoms with Gasteiger partial charge < -0.3 is 11.1 Å². The van der Waals surface area contributed by atoms with E-state index in [2.05, 4.69) is 29.1 Å². The molecule has 1 aromatic rings. The summed E-state index contributed by atoms with van der Waals surface area (Å²) in [5.74, 6) is 4.48. The van der Waals surface area contributed by atoms with Gasteiger partial charge in [-0.1, -0.05) is 13.8 Å². The fraction of sp³-hybridized carbons (Fsp3) is 0.714. The summed E-state index contributed by atoms with van der Waals surface area (Å²) in [5, 5.41) is 3.55. The first-order chi connectivity index (χ1) is 8.63. The number of aromatic nitrogens is 2. The molecule has 2 aliphatic rings. The highest BCUT2D eigenvalue weighted by Crippen LogP contribution is 2.39. The van der Waals surface area contributed by atoms with Gasteiger partial charge in [-0.15, -0.1) is 0 Å². The third kappa shape index (κ3) is 2.28. The van der Waals surface area contributed by atoms with Crippen molar-refractivity contribution in [2.24, 2.45) is 11.8 Å². The van der Waals surface area contributed by atoms with E-state index in [0.29, 0.717) is 23.7 Å². The zero-order valence-corrected chi connectivity index (χ0v) is 11.2. The zero-order chi connectivity index (χ0) is 12.7. The molecule has 3 atom stereocenters. The highest BCUT2D eigenvalue weighted by atomic mass is 15.1. The molecule has 2 aliphatic carbocycles. The second kappa shape index (κ2) is 4.41. The van der Waals surface area contributed by atoms with Gasteiger partial charge >= 0.3 is 0 Å². The fourth-order valence-corrected chi connectivity index (χ4v) is 2.84. The Balaban J connectivity index is 1.75. The Morgan fingerprint density at radius 1 is 1.17 bits per heavy atom. The van der Waals surface area contributed by atoms with Crippen LogP contribution in [0, 0.1) is 11.8 Å². The molecule has 1 heterocycles. The summed E-state index contributed by atoms with van der Waals surface area (Å²) in [7, 11) is 0. The van der Waals surface area contributed by atoms with Crippen LogP contribution in [0.4, 0.5) is 11.6 Å². The first-order valence-corrected chi connectivity index (χ1v) is 7.04. The minimum absolute atomic E-state index is 0.529. The van der Waals surface area contributed by atoms with Crippen molar-refractivity contribution in [3.63, 3.8) is 0 Å². The molecule has 4 heteroatoms. The highest BCUT2D eigenvalue weighted by molar-refractivity contribution is 5.46. The van der Waals surface area contributed by atoms with Crippen LogP contribution in [0.25, 0.3) is 0 Å². The van der Waals surface area contributed by atoms with E-state index in [-0.39, 0.29) is 0 Å². The summed E-state index contributed by atoms with van der Waals surface area (Å²) >= 11 is 0. The Hall–Kier alpha value is -1.32. The van der Waals surface area contributed by atoms with E-state index in [1.807, 2.05) is 6.07 Å². The molecule has 0 amide bonds. The summed E-state index contributed by atoms with van der Waals surface area (Å²) < 4.78 is 0. The van der Waals surface area contributed by atoms with Crippen LogP contribution in [0.5, 0.6) is 0 Å². The van der Waals surface area contributed by atoms with Crippen LogP contribution in [0.1, 0.15) is 51.3 Å². The molecule has 4 nitrogen and oxygen atoms in total. The molecule has 0 radical (unpaired) electrons. The molecule has 3 N–H and O–H groups in total. The monoisotopic (exact) mass is 246 g/mol. The maximum absolute atomic E-state index is 5.87. The third-order valence-corrected chi connectivity index (χ3v) is 4.50. The Labute approximate surface area is 108 Å². The third-order valence-electron chi connectivity index (χ3n) is 4.50. The molecule has 3 rings (SSSR count). The molecule has 2 saturated carbocycles. The van der Waals surface area contributed by atoms with E-state index in [1.165, 1.54) is 25.7 Å². The second-order valence-corrected chi connectivity index (χ2v) is 5.98. The van der Waals surface area contributed by atoms with Crippen LogP contribution in [-0.2, 0) is 0 Å². The SMILES string of the molecule is CC1CCC(Nc2cc(N)nc(C3CC3)n2)C1C. The molecule has 98 valence electrons. The van der Waals surface area contributed by atoms with Gasteiger partial charge in [-0.25, -0.2) is 9.97 Å². The maximum atomic E-state index is 5.87. The molecule has 1 aromatic heterocycles. The summed E-state index contributed by atoms with van der Waals surface area (Å²) in [6.07, 6.45) is 4.94. The van der Waals surface area contributed by atoms with Crippen molar-refractivity contribution in [1.29, 1.82) is 0 Å². The lowest BCUT2D eigenvalue weighted by atomic mass is 9.98. The van der Waals surface area contributed by atoms with Gasteiger partial charge in [0.2, 0.25) is 0 Å². The minimum atomic E-state index is 0.529. The van der Waals surface area contributed by atoms with Crippen molar-refractivity contribution in [2.75, 3.05) is 11.1 Å². The molecule has 0 aliphatic heterocycles. The first kappa shape index (κ1) is 11.8. The Kier molecular flexibility index (Phi) is 2.88. The number of nitrogens with zero attached hydrogens (tertiary/aromatic N) is 2. The van der Waals surface area contributed by atoms with Gasteiger partial charge in [0.15, 0.2) is 0 Å². The highest BCUT2D eigenvalue weighted by Gasteiger charge is 2.31. The summed E-state index contributed by atoms with van der Waals surface area (Å²) in [4.78, 5) is 8.95. The van der Waals surface area contributed by atoms with E-state index in [4.69, 9.17) is 5.73 Å². The summed E-state index contributed by atoms with van der Waals surface area (Å²) in [6.45, 7) is 4.65. The predicted octanol–water partition coefficient (Wildman–Crippen LogP) is 2.78. The lowest BCUT2D eigenvalue weighted by Crippen LogP contribution is -2.25. The zero-order valence-electron chi connectivity index (χ0n) is 11.2. The molecular formula is C14H22N4. The normalized spacial score (nSPS) is 31.6. The van der Waals surface area contributed by atoms with Gasteiger partial charge in [0.05, 0.1) is 0 Å². The van der Waals surface area contributed by atoms with Crippen molar-refractivity contribution in [3.05, 3.63) is 11.9 Å². The van der Waals surface area contributed by atoms with Crippen molar-refractivity contribution in [3.8, 4) is 0 Å². The van der Waals surface area contributed by atoms with Crippen molar-refractivity contribution in [1.82, 2.24) is 9.97 Å². The lowest BCUT2D eigenvalue weighted by Gasteiger charge is -2.20. The van der Waals surface area contributed by atoms with Gasteiger partial charge in [-0.2, -0.15) is 0 Å². The Bertz CT molecular complexity index is 441. The number of nitrogens with two attached hydrogens (primary N) is 1. The van der Waals surface area contributed by atoms with Crippen molar-refractivity contribution < 1.29 is 0 Å². The molecular weight excluding hydrogens is 224 g/mol. The first-order valence-electron chi connectivity index (χ1n) is 7.04. The van der Waals surface area contributed by atoms with Gasteiger partial charge in [-0.05, 0) is 37.5 Å². The van der Waals surface area contributed by atoms with Crippen molar-refractivity contribution in [2.45, 2.75) is 51.5 Å². The second-order valence-electron chi connectivity index (χ2n) is 5.98. The predicted molar refractivity (Wildman–Crippen MR) is 73.4 cm³/mol. The quantitative estimate of drug-likeness (QED) is 0.860. The number of nitrogens with one attached hydrogen (secondary N) is 1. The Morgan fingerprint density at radius 2 is 1.94 bits per heavy atom. The van der Waals surface area contributed by atoms with Gasteiger partial charge in [0.1, 0.15) is 17.5 Å². The number of anilines is 2. The number of hydrogen-bond acceptors (Lipinski definition) is 4. The van der Waals surface area contributed by atoms with Crippen LogP contribution >= 0.6 is 0 Å². The summed E-state index contributed by atoms with van der Waals surface area (Å²) in [6, 6.07) is 2.39. The van der Waals surface area contributed by atoms with Crippen LogP contribution in [0.3, 0.4) is 0 Å². The van der Waals surface area contributed by atoms with Crippen LogP contribution in [0.15, 0.2) is 6.07 Å². The summed E-state index contributed by atoms with van der Waals surface area (Å²) in [5.41, 5.74) is 5.87. The number of rotatable bonds is 3. The largest absolute Gasteiger partial charge is 0.384 e. The minimum Gasteiger partial charge on any atom is -0.384 e. The van der Waals surface area contributed by atoms with Crippen LogP contribution < -0.4 is 11.1 Å². The molecule has 0 saturated heterocycles. The molecule has 0 aromatic carbocycles. The van der Waals surface area contributed by atoms with Gasteiger partial charge in [-0.3, -0.25) is 0 Å². The van der Waals surface area contributed by atoms with E-state index in [1.54, 1.807) is 0 Å². The molecule has 2 fully saturated rings. The standard InChI is InChI=1S/C14H22N4/c1-8-3-6-11(9(8)2)16-13-7-12(15)17-14(18-13)10-4-5-10/h7-11H,3-6H2,1-2H3,(H3,15,16,17,18). The topological polar surface area (TPSA) is 63.8 Å². The van der Waals surface area contributed by atoms with Crippen molar-refractivity contribution >= 4 is 11.6 Å². The average molecular weight is 246 g/mol. The van der Waals surface area contributed by atoms with E-state index in [0.717, 1.165) is 17.6 Å². The average Bonchev–Trinajstić information content (AvgIpc) is 3.12. The number of nitrogen functional groups attached to an aromatic ring is 1. The van der Waals surface area contributed by atoms with E-state index >= 15 is 0 Å². The molecule has 3 unspecified atom stereocenters. The van der Waals surface area contributed by atoms with Crippen LogP contribution in [0.2, 0.25) is 0 Å². The molecule has 18 heavy (non-hydrogen) atoms. The van der Waals surface area contributed by atoms with E-state index < -0.39 is 0 Å². The smallest absolute Gasteiger partial charge is 0.136 e. The molecule has 0 bridgehead atoms.